The lowest BCUT2D eigenvalue weighted by molar-refractivity contribution is -0.119. The highest BCUT2D eigenvalue weighted by molar-refractivity contribution is 6.36. The molecule has 0 fully saturated rings. The number of carbonyl (C=O) groups excluding carboxylic acids is 2. The fourth-order valence-electron chi connectivity index (χ4n) is 3.68. The van der Waals surface area contributed by atoms with Crippen molar-refractivity contribution in [3.05, 3.63) is 93.5 Å². The van der Waals surface area contributed by atoms with Crippen LogP contribution in [0, 0.1) is 6.92 Å². The van der Waals surface area contributed by atoms with E-state index >= 15 is 0 Å². The Morgan fingerprint density at radius 1 is 0.900 bits per heavy atom. The Balaban J connectivity index is 1.77. The lowest BCUT2D eigenvalue weighted by Gasteiger charge is -2.40. The number of amides is 2. The van der Waals surface area contributed by atoms with Gasteiger partial charge in [-0.1, -0.05) is 59.1 Å². The van der Waals surface area contributed by atoms with E-state index in [4.69, 9.17) is 23.2 Å². The highest BCUT2D eigenvalue weighted by Gasteiger charge is 2.39. The van der Waals surface area contributed by atoms with Gasteiger partial charge in [-0.3, -0.25) is 14.5 Å². The van der Waals surface area contributed by atoms with Crippen molar-refractivity contribution in [3.8, 4) is 0 Å². The van der Waals surface area contributed by atoms with E-state index in [-0.39, 0.29) is 18.4 Å². The van der Waals surface area contributed by atoms with Crippen LogP contribution >= 0.6 is 23.2 Å². The Bertz CT molecular complexity index is 1110. The van der Waals surface area contributed by atoms with Gasteiger partial charge in [-0.15, -0.1) is 0 Å². The molecule has 0 radical (unpaired) electrons. The van der Waals surface area contributed by atoms with E-state index in [9.17, 15) is 9.59 Å². The Hall–Kier alpha value is -2.82. The average molecular weight is 439 g/mol. The van der Waals surface area contributed by atoms with Crippen LogP contribution in [-0.4, -0.2) is 17.9 Å². The molecule has 1 heterocycles. The number of nitrogens with zero attached hydrogens (tertiary/aromatic N) is 2. The zero-order valence-corrected chi connectivity index (χ0v) is 18.1. The molecule has 2 amide bonds. The van der Waals surface area contributed by atoms with Gasteiger partial charge < -0.3 is 4.90 Å². The van der Waals surface area contributed by atoms with Crippen LogP contribution in [0.15, 0.2) is 66.7 Å². The Morgan fingerprint density at radius 2 is 1.50 bits per heavy atom. The van der Waals surface area contributed by atoms with E-state index in [1.807, 2.05) is 43.3 Å². The van der Waals surface area contributed by atoms with Crippen molar-refractivity contribution >= 4 is 46.4 Å². The number of anilines is 2. The summed E-state index contributed by atoms with van der Waals surface area (Å²) in [5.41, 5.74) is 3.61. The van der Waals surface area contributed by atoms with Gasteiger partial charge in [0.2, 0.25) is 5.91 Å². The van der Waals surface area contributed by atoms with E-state index in [1.54, 1.807) is 47.1 Å². The van der Waals surface area contributed by atoms with Gasteiger partial charge in [-0.05, 0) is 50.2 Å². The molecule has 0 N–H and O–H groups in total. The van der Waals surface area contributed by atoms with Crippen LogP contribution in [0.5, 0.6) is 0 Å². The van der Waals surface area contributed by atoms with E-state index in [1.165, 1.54) is 0 Å². The highest BCUT2D eigenvalue weighted by atomic mass is 35.5. The lowest BCUT2D eigenvalue weighted by atomic mass is 10.0. The molecule has 0 aliphatic carbocycles. The summed E-state index contributed by atoms with van der Waals surface area (Å²) in [5, 5.41) is 0.997. The third kappa shape index (κ3) is 3.57. The molecule has 0 spiro atoms. The summed E-state index contributed by atoms with van der Waals surface area (Å²) in [7, 11) is 0. The van der Waals surface area contributed by atoms with Crippen molar-refractivity contribution in [2.45, 2.75) is 26.4 Å². The molecular weight excluding hydrogens is 419 g/mol. The summed E-state index contributed by atoms with van der Waals surface area (Å²) in [6.07, 6.45) is 0. The SMILES string of the molecule is Cc1ccc(C(=O)N2c3ccccc3N(Cc3c(Cl)cccc3Cl)C(=O)[C@H]2C)cc1. The van der Waals surface area contributed by atoms with Gasteiger partial charge in [0.15, 0.2) is 0 Å². The van der Waals surface area contributed by atoms with Crippen LogP contribution in [0.2, 0.25) is 10.0 Å². The zero-order valence-electron chi connectivity index (χ0n) is 16.6. The molecule has 0 saturated carbocycles. The van der Waals surface area contributed by atoms with Gasteiger partial charge in [0.05, 0.1) is 17.9 Å². The largest absolute Gasteiger partial charge is 0.304 e. The van der Waals surface area contributed by atoms with Gasteiger partial charge >= 0.3 is 0 Å². The van der Waals surface area contributed by atoms with Crippen molar-refractivity contribution in [2.24, 2.45) is 0 Å². The maximum Gasteiger partial charge on any atom is 0.259 e. The number of aryl methyl sites for hydroxylation is 1. The first-order valence-corrected chi connectivity index (χ1v) is 10.4. The Kier molecular flexibility index (Phi) is 5.54. The number of fused-ring (bicyclic) bond motifs is 1. The van der Waals surface area contributed by atoms with Gasteiger partial charge in [0.25, 0.3) is 5.91 Å². The third-order valence-corrected chi connectivity index (χ3v) is 6.05. The van der Waals surface area contributed by atoms with E-state index in [0.29, 0.717) is 32.5 Å². The first-order valence-electron chi connectivity index (χ1n) is 9.62. The van der Waals surface area contributed by atoms with E-state index in [0.717, 1.165) is 5.56 Å². The van der Waals surface area contributed by atoms with Crippen molar-refractivity contribution in [3.63, 3.8) is 0 Å². The van der Waals surface area contributed by atoms with Crippen LogP contribution < -0.4 is 9.80 Å². The monoisotopic (exact) mass is 438 g/mol. The normalized spacial score (nSPS) is 15.9. The molecule has 1 atom stereocenters. The average Bonchev–Trinajstić information content (AvgIpc) is 2.74. The van der Waals surface area contributed by atoms with Crippen molar-refractivity contribution in [1.29, 1.82) is 0 Å². The van der Waals surface area contributed by atoms with Gasteiger partial charge in [0.1, 0.15) is 6.04 Å². The van der Waals surface area contributed by atoms with Gasteiger partial charge in [-0.2, -0.15) is 0 Å². The van der Waals surface area contributed by atoms with Crippen LogP contribution in [-0.2, 0) is 11.3 Å². The predicted octanol–water partition coefficient (Wildman–Crippen LogP) is 5.88. The molecule has 1 aliphatic rings. The molecule has 3 aromatic carbocycles. The highest BCUT2D eigenvalue weighted by Crippen LogP contribution is 2.39. The second kappa shape index (κ2) is 8.13. The number of hydrogen-bond donors (Lipinski definition) is 0. The second-order valence-corrected chi connectivity index (χ2v) is 8.14. The predicted molar refractivity (Wildman–Crippen MR) is 122 cm³/mol. The summed E-state index contributed by atoms with van der Waals surface area (Å²) in [5.74, 6) is -0.399. The topological polar surface area (TPSA) is 40.6 Å². The molecule has 30 heavy (non-hydrogen) atoms. The second-order valence-electron chi connectivity index (χ2n) is 7.33. The number of halogens is 2. The summed E-state index contributed by atoms with van der Waals surface area (Å²) in [6.45, 7) is 3.94. The number of rotatable bonds is 3. The van der Waals surface area contributed by atoms with Crippen molar-refractivity contribution < 1.29 is 9.59 Å². The third-order valence-electron chi connectivity index (χ3n) is 5.34. The molecule has 0 aromatic heterocycles. The molecule has 6 heteroatoms. The standard InChI is InChI=1S/C24H20Cl2N2O2/c1-15-10-12-17(13-11-15)24(30)28-16(2)23(29)27(21-8-3-4-9-22(21)28)14-18-19(25)6-5-7-20(18)26/h3-13,16H,14H2,1-2H3/t16-/m1/s1. The first-order chi connectivity index (χ1) is 14.4. The Labute approximate surface area is 185 Å². The molecule has 152 valence electrons. The molecular formula is C24H20Cl2N2O2. The fourth-order valence-corrected chi connectivity index (χ4v) is 4.20. The summed E-state index contributed by atoms with van der Waals surface area (Å²) in [6, 6.07) is 19.3. The molecule has 3 aromatic rings. The minimum Gasteiger partial charge on any atom is -0.304 e. The molecule has 0 bridgehead atoms. The van der Waals surface area contributed by atoms with E-state index in [2.05, 4.69) is 0 Å². The van der Waals surface area contributed by atoms with Gasteiger partial charge in [0, 0.05) is 21.2 Å². The molecule has 0 unspecified atom stereocenters. The number of hydrogen-bond acceptors (Lipinski definition) is 2. The van der Waals surface area contributed by atoms with Crippen LogP contribution in [0.1, 0.15) is 28.4 Å². The minimum atomic E-state index is -0.671. The smallest absolute Gasteiger partial charge is 0.259 e. The zero-order chi connectivity index (χ0) is 21.4. The fraction of sp³-hybridized carbons (Fsp3) is 0.167. The number of para-hydroxylation sites is 2. The first kappa shape index (κ1) is 20.5. The van der Waals surface area contributed by atoms with E-state index < -0.39 is 6.04 Å². The van der Waals surface area contributed by atoms with Crippen LogP contribution in [0.3, 0.4) is 0 Å². The summed E-state index contributed by atoms with van der Waals surface area (Å²) < 4.78 is 0. The maximum atomic E-state index is 13.4. The molecule has 4 rings (SSSR count). The summed E-state index contributed by atoms with van der Waals surface area (Å²) >= 11 is 12.7. The molecule has 4 nitrogen and oxygen atoms in total. The lowest BCUT2D eigenvalue weighted by Crippen LogP contribution is -2.54. The minimum absolute atomic E-state index is 0.190. The van der Waals surface area contributed by atoms with Crippen molar-refractivity contribution in [1.82, 2.24) is 0 Å². The quantitative estimate of drug-likeness (QED) is 0.511. The van der Waals surface area contributed by atoms with Crippen LogP contribution in [0.25, 0.3) is 0 Å². The van der Waals surface area contributed by atoms with Gasteiger partial charge in [-0.25, -0.2) is 0 Å². The molecule has 1 aliphatic heterocycles. The number of benzene rings is 3. The summed E-state index contributed by atoms with van der Waals surface area (Å²) in [4.78, 5) is 29.9. The Morgan fingerprint density at radius 3 is 2.13 bits per heavy atom. The number of carbonyl (C=O) groups is 2. The van der Waals surface area contributed by atoms with Crippen LogP contribution in [0.4, 0.5) is 11.4 Å². The molecule has 0 saturated heterocycles. The van der Waals surface area contributed by atoms with Crippen molar-refractivity contribution in [2.75, 3.05) is 9.80 Å². The maximum absolute atomic E-state index is 13.4.